The van der Waals surface area contributed by atoms with Crippen molar-refractivity contribution in [3.05, 3.63) is 12.1 Å². The first-order chi connectivity index (χ1) is 9.28. The van der Waals surface area contributed by atoms with E-state index in [1.54, 1.807) is 6.07 Å². The minimum absolute atomic E-state index is 0.00945. The Hall–Kier alpha value is -1.65. The van der Waals surface area contributed by atoms with E-state index in [-0.39, 0.29) is 5.91 Å². The molecule has 1 fully saturated rings. The van der Waals surface area contributed by atoms with Gasteiger partial charge in [-0.25, -0.2) is 0 Å². The molecule has 0 spiro atoms. The highest BCUT2D eigenvalue weighted by molar-refractivity contribution is 5.89. The largest absolute Gasteiger partial charge is 0.366 e. The third-order valence-corrected chi connectivity index (χ3v) is 3.37. The van der Waals surface area contributed by atoms with E-state index in [0.717, 1.165) is 12.2 Å². The number of nitrogens with zero attached hydrogens (tertiary/aromatic N) is 2. The van der Waals surface area contributed by atoms with E-state index in [4.69, 9.17) is 0 Å². The van der Waals surface area contributed by atoms with Crippen molar-refractivity contribution in [1.29, 1.82) is 0 Å². The van der Waals surface area contributed by atoms with Gasteiger partial charge in [0.05, 0.1) is 0 Å². The predicted molar refractivity (Wildman–Crippen MR) is 76.1 cm³/mol. The van der Waals surface area contributed by atoms with Crippen molar-refractivity contribution in [1.82, 2.24) is 10.2 Å². The molecule has 2 rings (SSSR count). The molecule has 2 N–H and O–H groups in total. The predicted octanol–water partition coefficient (Wildman–Crippen LogP) is 2.96. The van der Waals surface area contributed by atoms with Crippen molar-refractivity contribution in [2.75, 3.05) is 10.6 Å². The fraction of sp³-hybridized carbons (Fsp3) is 0.643. The number of carbonyl (C=O) groups excluding carboxylic acids is 1. The zero-order chi connectivity index (χ0) is 13.5. The summed E-state index contributed by atoms with van der Waals surface area (Å²) in [6.07, 6.45) is 7.68. The van der Waals surface area contributed by atoms with Crippen molar-refractivity contribution < 1.29 is 4.79 Å². The van der Waals surface area contributed by atoms with Crippen LogP contribution in [0.4, 0.5) is 11.6 Å². The van der Waals surface area contributed by atoms with Crippen LogP contribution in [0.1, 0.15) is 51.9 Å². The first kappa shape index (κ1) is 13.8. The summed E-state index contributed by atoms with van der Waals surface area (Å²) in [5.41, 5.74) is 0. The lowest BCUT2D eigenvalue weighted by molar-refractivity contribution is -0.116. The molecule has 1 aromatic rings. The Balaban J connectivity index is 1.85. The number of aromatic nitrogens is 2. The van der Waals surface area contributed by atoms with Gasteiger partial charge in [-0.05, 0) is 31.4 Å². The molecule has 1 heterocycles. The molecule has 0 aromatic carbocycles. The van der Waals surface area contributed by atoms with Crippen LogP contribution in [0, 0.1) is 0 Å². The fourth-order valence-electron chi connectivity index (χ4n) is 2.36. The van der Waals surface area contributed by atoms with E-state index in [1.807, 2.05) is 13.0 Å². The third kappa shape index (κ3) is 4.50. The fourth-order valence-corrected chi connectivity index (χ4v) is 2.36. The van der Waals surface area contributed by atoms with Gasteiger partial charge in [-0.3, -0.25) is 4.79 Å². The molecule has 0 radical (unpaired) electrons. The molecular weight excluding hydrogens is 240 g/mol. The number of anilines is 2. The van der Waals surface area contributed by atoms with Crippen LogP contribution in [0.5, 0.6) is 0 Å². The zero-order valence-electron chi connectivity index (χ0n) is 11.5. The second kappa shape index (κ2) is 7.07. The Kier molecular flexibility index (Phi) is 5.12. The molecule has 1 aromatic heterocycles. The maximum atomic E-state index is 11.4. The molecule has 104 valence electrons. The summed E-state index contributed by atoms with van der Waals surface area (Å²) in [6.45, 7) is 1.97. The Labute approximate surface area is 114 Å². The van der Waals surface area contributed by atoms with Gasteiger partial charge in [-0.15, -0.1) is 10.2 Å². The highest BCUT2D eigenvalue weighted by atomic mass is 16.1. The smallest absolute Gasteiger partial charge is 0.225 e. The Morgan fingerprint density at radius 3 is 2.53 bits per heavy atom. The summed E-state index contributed by atoms with van der Waals surface area (Å²) in [4.78, 5) is 11.4. The van der Waals surface area contributed by atoms with Gasteiger partial charge in [-0.1, -0.05) is 26.2 Å². The lowest BCUT2D eigenvalue weighted by atomic mass is 9.95. The normalized spacial score (nSPS) is 16.1. The molecule has 1 aliphatic rings. The number of carbonyl (C=O) groups is 1. The molecule has 0 unspecified atom stereocenters. The van der Waals surface area contributed by atoms with E-state index in [1.165, 1.54) is 32.1 Å². The van der Waals surface area contributed by atoms with Crippen LogP contribution < -0.4 is 10.6 Å². The summed E-state index contributed by atoms with van der Waals surface area (Å²) < 4.78 is 0. The van der Waals surface area contributed by atoms with Crippen molar-refractivity contribution >= 4 is 17.5 Å². The molecule has 1 amide bonds. The Morgan fingerprint density at radius 1 is 1.21 bits per heavy atom. The molecule has 19 heavy (non-hydrogen) atoms. The second-order valence-electron chi connectivity index (χ2n) is 5.08. The van der Waals surface area contributed by atoms with Gasteiger partial charge in [0.15, 0.2) is 5.82 Å². The van der Waals surface area contributed by atoms with E-state index >= 15 is 0 Å². The van der Waals surface area contributed by atoms with E-state index in [2.05, 4.69) is 20.8 Å². The number of hydrogen-bond donors (Lipinski definition) is 2. The SMILES string of the molecule is CCCC(=O)Nc1ccc(NC2CCCCC2)nn1. The van der Waals surface area contributed by atoms with Crippen molar-refractivity contribution in [2.45, 2.75) is 57.9 Å². The van der Waals surface area contributed by atoms with Crippen molar-refractivity contribution in [3.63, 3.8) is 0 Å². The van der Waals surface area contributed by atoms with Crippen molar-refractivity contribution in [2.24, 2.45) is 0 Å². The Morgan fingerprint density at radius 2 is 1.89 bits per heavy atom. The van der Waals surface area contributed by atoms with Crippen LogP contribution in [0.2, 0.25) is 0 Å². The van der Waals surface area contributed by atoms with Gasteiger partial charge >= 0.3 is 0 Å². The number of amides is 1. The average molecular weight is 262 g/mol. The molecule has 0 atom stereocenters. The van der Waals surface area contributed by atoms with Gasteiger partial charge in [0.25, 0.3) is 0 Å². The number of rotatable bonds is 5. The molecule has 0 bridgehead atoms. The van der Waals surface area contributed by atoms with Crippen molar-refractivity contribution in [3.8, 4) is 0 Å². The second-order valence-corrected chi connectivity index (χ2v) is 5.08. The zero-order valence-corrected chi connectivity index (χ0v) is 11.5. The Bertz CT molecular complexity index is 398. The van der Waals surface area contributed by atoms with E-state index in [9.17, 15) is 4.79 Å². The highest BCUT2D eigenvalue weighted by Crippen LogP contribution is 2.20. The van der Waals surface area contributed by atoms with Crippen LogP contribution in [-0.4, -0.2) is 22.1 Å². The van der Waals surface area contributed by atoms with Gasteiger partial charge in [0.1, 0.15) is 5.82 Å². The average Bonchev–Trinajstić information content (AvgIpc) is 2.42. The maximum Gasteiger partial charge on any atom is 0.225 e. The summed E-state index contributed by atoms with van der Waals surface area (Å²) in [5.74, 6) is 1.30. The van der Waals surface area contributed by atoms with E-state index < -0.39 is 0 Å². The van der Waals surface area contributed by atoms with Crippen LogP contribution in [0.3, 0.4) is 0 Å². The number of hydrogen-bond acceptors (Lipinski definition) is 4. The lowest BCUT2D eigenvalue weighted by Crippen LogP contribution is -2.23. The molecule has 1 saturated carbocycles. The quantitative estimate of drug-likeness (QED) is 0.856. The van der Waals surface area contributed by atoms with Crippen LogP contribution in [0.15, 0.2) is 12.1 Å². The van der Waals surface area contributed by atoms with Crippen LogP contribution >= 0.6 is 0 Å². The van der Waals surface area contributed by atoms with Gasteiger partial charge < -0.3 is 10.6 Å². The van der Waals surface area contributed by atoms with Crippen LogP contribution in [0.25, 0.3) is 0 Å². The molecule has 0 aliphatic heterocycles. The van der Waals surface area contributed by atoms with Crippen LogP contribution in [-0.2, 0) is 4.79 Å². The lowest BCUT2D eigenvalue weighted by Gasteiger charge is -2.22. The van der Waals surface area contributed by atoms with Gasteiger partial charge in [0, 0.05) is 12.5 Å². The van der Waals surface area contributed by atoms with E-state index in [0.29, 0.717) is 18.3 Å². The topological polar surface area (TPSA) is 66.9 Å². The highest BCUT2D eigenvalue weighted by Gasteiger charge is 2.13. The van der Waals surface area contributed by atoms with Gasteiger partial charge in [0.2, 0.25) is 5.91 Å². The first-order valence-corrected chi connectivity index (χ1v) is 7.18. The molecular formula is C14H22N4O. The summed E-state index contributed by atoms with van der Waals surface area (Å²) in [5, 5.41) is 14.3. The molecule has 5 heteroatoms. The van der Waals surface area contributed by atoms with Gasteiger partial charge in [-0.2, -0.15) is 0 Å². The molecule has 0 saturated heterocycles. The summed E-state index contributed by atoms with van der Waals surface area (Å²) in [7, 11) is 0. The minimum Gasteiger partial charge on any atom is -0.366 e. The summed E-state index contributed by atoms with van der Waals surface area (Å²) >= 11 is 0. The molecule has 1 aliphatic carbocycles. The maximum absolute atomic E-state index is 11.4. The number of nitrogens with one attached hydrogen (secondary N) is 2. The monoisotopic (exact) mass is 262 g/mol. The first-order valence-electron chi connectivity index (χ1n) is 7.18. The minimum atomic E-state index is -0.00945. The molecule has 5 nitrogen and oxygen atoms in total. The summed E-state index contributed by atoms with van der Waals surface area (Å²) in [6, 6.07) is 4.19. The third-order valence-electron chi connectivity index (χ3n) is 3.37. The standard InChI is InChI=1S/C14H22N4O/c1-2-6-14(19)16-13-10-9-12(17-18-13)15-11-7-4-3-5-8-11/h9-11H,2-8H2,1H3,(H,15,17)(H,16,18,19).